The molecule has 790 valence electrons. The number of fused-ring (bicyclic) bond motifs is 6. The van der Waals surface area contributed by atoms with Crippen LogP contribution in [0.15, 0.2) is 151 Å². The third-order valence-electron chi connectivity index (χ3n) is 27.1. The van der Waals surface area contributed by atoms with E-state index in [-0.39, 0.29) is 112 Å². The van der Waals surface area contributed by atoms with Crippen molar-refractivity contribution in [3.8, 4) is 11.5 Å². The van der Waals surface area contributed by atoms with E-state index in [0.29, 0.717) is 58.1 Å². The molecule has 0 saturated carbocycles. The minimum Gasteiger partial charge on any atom is -0.508 e. The molecule has 0 aliphatic carbocycles. The molecule has 19 atom stereocenters. The van der Waals surface area contributed by atoms with Gasteiger partial charge >= 0.3 is 12.1 Å². The number of likely N-dealkylation sites (tertiary alicyclic amines) is 1. The second-order valence-electron chi connectivity index (χ2n) is 38.6. The number of imide groups is 1. The number of nitrogens with two attached hydrogens (primary N) is 1. The van der Waals surface area contributed by atoms with Crippen LogP contribution in [0.1, 0.15) is 147 Å². The van der Waals surface area contributed by atoms with Gasteiger partial charge in [-0.25, -0.2) is 9.59 Å². The Labute approximate surface area is 857 Å². The van der Waals surface area contributed by atoms with Crippen molar-refractivity contribution < 1.29 is 116 Å². The van der Waals surface area contributed by atoms with Gasteiger partial charge in [0.15, 0.2) is 5.72 Å². The fourth-order valence-corrected chi connectivity index (χ4v) is 19.9. The molecule has 17 N–H and O–H groups in total. The second kappa shape index (κ2) is 52.4. The SMILES string of the molecule is COc1cc2cc(c1Cl)N(C)C(=O)C[C@H](OC(=O)[C@H](C)N(C)C(=O)CCSC1CC(=O)N(CCCNC(=O)[C@H](CC(C)C)NC(=O)[C@H](Cc3ccccc3)NC(=O)CNC(=O)CC[C@H]3C(=O)N[C@@H](Cc4ccc(O)cc4)C(=O)N[C@H](Cc4c[nH]c5ccccc45)C(=O)N[C@@H](CCCCN)C(=O)N[C@@H]([C@@H](C)O)C(O)N[C@@H](Cc4ccccc4)C(=O)N3C)C1=O)[C@]1(C)O[C@H]1[C@H](C)[C@@H]1C[C@@](O)(NC(=O)O1)[C@H](OC)/C=C/C=C(\C)C2. The molecule has 11 rings (SSSR count). The average molecular weight is 2060 g/mol. The number of carbonyl (C=O) groups excluding carboxylic acids is 15. The first-order chi connectivity index (χ1) is 69.5. The summed E-state index contributed by atoms with van der Waals surface area (Å²) < 4.78 is 29.7. The van der Waals surface area contributed by atoms with Gasteiger partial charge in [0.2, 0.25) is 76.8 Å². The highest BCUT2D eigenvalue weighted by Crippen LogP contribution is 2.50. The van der Waals surface area contributed by atoms with Crippen LogP contribution in [-0.2, 0) is 118 Å². The van der Waals surface area contributed by atoms with Crippen molar-refractivity contribution in [3.63, 3.8) is 0 Å². The molecule has 146 heavy (non-hydrogen) atoms. The number of unbranched alkanes of at least 4 members (excludes halogenated alkanes) is 1. The topological polar surface area (TPSA) is 561 Å². The van der Waals surface area contributed by atoms with Gasteiger partial charge in [-0.05, 0) is 150 Å². The molecule has 6 heterocycles. The third kappa shape index (κ3) is 30.4. The molecule has 14 amide bonds. The number of hydrogen-bond acceptors (Lipinski definition) is 27. The van der Waals surface area contributed by atoms with Crippen molar-refractivity contribution in [2.75, 3.05) is 72.2 Å². The minimum absolute atomic E-state index is 0.0146. The van der Waals surface area contributed by atoms with Crippen molar-refractivity contribution in [1.82, 2.24) is 72.9 Å². The Morgan fingerprint density at radius 1 is 0.726 bits per heavy atom. The van der Waals surface area contributed by atoms with Crippen molar-refractivity contribution in [2.45, 2.75) is 259 Å². The number of halogens is 1. The Kier molecular flexibility index (Phi) is 40.8. The lowest BCUT2D eigenvalue weighted by Crippen LogP contribution is -2.64. The van der Waals surface area contributed by atoms with Gasteiger partial charge in [0.1, 0.15) is 89.0 Å². The van der Waals surface area contributed by atoms with Crippen molar-refractivity contribution in [1.29, 1.82) is 0 Å². The van der Waals surface area contributed by atoms with E-state index in [1.165, 1.54) is 78.4 Å². The summed E-state index contributed by atoms with van der Waals surface area (Å²) in [6.45, 7) is 11.0. The maximum absolute atomic E-state index is 15.5. The molecule has 0 spiro atoms. The molecule has 0 radical (unpaired) electrons. The van der Waals surface area contributed by atoms with Gasteiger partial charge in [0.25, 0.3) is 0 Å². The molecule has 4 bridgehead atoms. The van der Waals surface area contributed by atoms with E-state index in [2.05, 4.69) is 58.2 Å². The van der Waals surface area contributed by atoms with Crippen LogP contribution >= 0.6 is 23.4 Å². The number of benzene rings is 5. The quantitative estimate of drug-likeness (QED) is 0.0114. The number of phenolic OH excluding ortho intramolecular Hbond substituents is 1. The number of para-hydroxylation sites is 1. The van der Waals surface area contributed by atoms with E-state index in [4.69, 9.17) is 41.0 Å². The largest absolute Gasteiger partial charge is 0.508 e. The summed E-state index contributed by atoms with van der Waals surface area (Å²) in [5.74, 6) is -11.2. The van der Waals surface area contributed by atoms with E-state index in [1.54, 1.807) is 117 Å². The number of aromatic hydroxyl groups is 1. The van der Waals surface area contributed by atoms with Crippen LogP contribution in [0.25, 0.3) is 10.9 Å². The number of aliphatic hydroxyl groups is 3. The zero-order valence-electron chi connectivity index (χ0n) is 84.2. The second-order valence-corrected chi connectivity index (χ2v) is 40.2. The first kappa shape index (κ1) is 113. The zero-order valence-corrected chi connectivity index (χ0v) is 85.8. The van der Waals surface area contributed by atoms with Gasteiger partial charge in [-0.3, -0.25) is 77.9 Å². The summed E-state index contributed by atoms with van der Waals surface area (Å²) in [5.41, 5.74) is 7.26. The maximum atomic E-state index is 15.5. The summed E-state index contributed by atoms with van der Waals surface area (Å²) in [7, 11) is 7.00. The van der Waals surface area contributed by atoms with E-state index in [0.717, 1.165) is 37.6 Å². The summed E-state index contributed by atoms with van der Waals surface area (Å²) >= 11 is 7.96. The van der Waals surface area contributed by atoms with Gasteiger partial charge in [-0.1, -0.05) is 147 Å². The van der Waals surface area contributed by atoms with Gasteiger partial charge in [-0.15, -0.1) is 11.8 Å². The molecule has 1 aromatic heterocycles. The highest BCUT2D eigenvalue weighted by Gasteiger charge is 2.65. The Hall–Kier alpha value is -12.9. The number of H-pyrrole nitrogens is 1. The number of nitrogens with zero attached hydrogens (tertiary/aromatic N) is 4. The van der Waals surface area contributed by atoms with Crippen LogP contribution in [-0.4, -0.2) is 304 Å². The number of carbonyl (C=O) groups is 15. The molecule has 5 aliphatic heterocycles. The van der Waals surface area contributed by atoms with Gasteiger partial charge in [-0.2, -0.15) is 0 Å². The summed E-state index contributed by atoms with van der Waals surface area (Å²) in [6.07, 6.45) is -3.22. The van der Waals surface area contributed by atoms with Gasteiger partial charge in [0, 0.05) is 115 Å². The number of amides is 14. The number of epoxide rings is 1. The van der Waals surface area contributed by atoms with Crippen LogP contribution in [0.5, 0.6) is 11.5 Å². The number of nitrogens with one attached hydrogen (secondary N) is 11. The highest BCUT2D eigenvalue weighted by atomic mass is 35.5. The Bertz CT molecular complexity index is 5700. The molecule has 5 aliphatic rings. The molecule has 42 heteroatoms. The maximum Gasteiger partial charge on any atom is 0.409 e. The van der Waals surface area contributed by atoms with Gasteiger partial charge in [0.05, 0.1) is 55.3 Å². The van der Waals surface area contributed by atoms with Crippen molar-refractivity contribution in [3.05, 3.63) is 184 Å². The monoisotopic (exact) mass is 2060 g/mol. The number of hydrogen-bond donors (Lipinski definition) is 16. The molecule has 4 saturated heterocycles. The number of aliphatic hydroxyl groups excluding tert-OH is 2. The number of esters is 1. The van der Waals surface area contributed by atoms with E-state index >= 15 is 19.2 Å². The van der Waals surface area contributed by atoms with Crippen LogP contribution in [0.2, 0.25) is 5.02 Å². The molecule has 5 aromatic carbocycles. The summed E-state index contributed by atoms with van der Waals surface area (Å²) in [4.78, 5) is 225. The number of phenols is 1. The predicted octanol–water partition coefficient (Wildman–Crippen LogP) is 3.91. The number of alkyl carbamates (subject to hydrolysis) is 1. The summed E-state index contributed by atoms with van der Waals surface area (Å²) in [6, 6.07) is 20.7. The number of anilines is 1. The van der Waals surface area contributed by atoms with Gasteiger partial charge < -0.3 is 112 Å². The molecule has 40 nitrogen and oxygen atoms in total. The van der Waals surface area contributed by atoms with E-state index in [1.807, 2.05) is 39.0 Å². The third-order valence-corrected chi connectivity index (χ3v) is 28.7. The number of aromatic amines is 1. The zero-order chi connectivity index (χ0) is 106. The lowest BCUT2D eigenvalue weighted by molar-refractivity contribution is -0.162. The predicted molar refractivity (Wildman–Crippen MR) is 542 cm³/mol. The number of methoxy groups -OCH3 is 2. The molecule has 4 fully saturated rings. The Morgan fingerprint density at radius 2 is 1.38 bits per heavy atom. The number of likely N-dealkylation sites (N-methyl/N-ethyl adjacent to an activating group) is 2. The van der Waals surface area contributed by atoms with Crippen molar-refractivity contribution >= 4 is 129 Å². The first-order valence-electron chi connectivity index (χ1n) is 49.2. The summed E-state index contributed by atoms with van der Waals surface area (Å²) in [5, 5.41) is 73.1. The van der Waals surface area contributed by atoms with Crippen LogP contribution in [0.4, 0.5) is 10.5 Å². The fourth-order valence-electron chi connectivity index (χ4n) is 18.5. The van der Waals surface area contributed by atoms with E-state index < -0.39 is 228 Å². The standard InChI is InChI=1S/C104H137ClN16O24S/c1-58(2)45-72(92(129)107-42-24-43-121-88(128)53-81(100(121)137)146-44-40-86(126)118(8)61(5)101(138)144-83-54-87(127)119(9)78-50-66(51-79(141-11)89(78)105)46-59(3)25-23-33-82(142-12)104(140)55-80(143-102(139)117-104)60(4)91-103(83,7)145-91)112-94(131)73(47-63-26-15-13-16-27-63)110-85(125)57-109-84(124)39-38-77-97(134)114-74(48-65-34-36-68(123)37-35-65)95(132)113-75(52-67-56-108-70-31-20-19-30-69(67)70)96(133)111-71(32-21-22-41-106)93(130)116-90(62(6)122)98(135)115-76(99(136)120(77)10)49-64-28-17-14-18-29-64/h13-20,23,25-31,33-37,50-51,56,58,60-62,71-77,80-83,90-91,98,108,115,122-123,135,140H,21-22,24,32,38-49,52-55,57,106H2,1-12H3,(H,107,129)(H,109,124)(H,110,125)(H,111,133)(H,112,131)(H,113,132)(H,114,134)(H,116,130)(H,117,139)/b33-23+,59-25+/t60-,61+,62-,71+,72+,73+,74+,75-,76+,77+,80+,81?,82-,83+,90+,91+,98?,103+,104+/m1/s1. The molecule has 2 unspecified atom stereocenters. The lowest BCUT2D eigenvalue weighted by Gasteiger charge is -2.42. The number of aromatic nitrogens is 1. The Morgan fingerprint density at radius 3 is 2.05 bits per heavy atom. The molecular formula is C104H137ClN16O24S. The highest BCUT2D eigenvalue weighted by molar-refractivity contribution is 8.00. The molecular weight excluding hydrogens is 1920 g/mol. The number of thioether (sulfide) groups is 1. The van der Waals surface area contributed by atoms with Crippen LogP contribution in [0.3, 0.4) is 0 Å². The molecule has 6 aromatic rings. The fraction of sp³-hybridized carbons (Fsp3) is 0.510. The lowest BCUT2D eigenvalue weighted by atomic mass is 9.83. The van der Waals surface area contributed by atoms with Crippen LogP contribution in [0, 0.1) is 11.8 Å². The van der Waals surface area contributed by atoms with Crippen molar-refractivity contribution in [2.24, 2.45) is 17.6 Å². The Balaban J connectivity index is 0.714. The number of rotatable bonds is 37. The van der Waals surface area contributed by atoms with Crippen LogP contribution < -0.4 is 68.5 Å². The van der Waals surface area contributed by atoms with E-state index in [9.17, 15) is 73.2 Å². The first-order valence-corrected chi connectivity index (χ1v) is 50.6. The number of allylic oxidation sites excluding steroid dienone is 3. The minimum atomic E-state index is -1.95. The average Bonchev–Trinajstić information content (AvgIpc) is 1.57. The smallest absolute Gasteiger partial charge is 0.409 e. The normalized spacial score (nSPS) is 25.5. The number of ether oxygens (including phenoxy) is 5.